The predicted molar refractivity (Wildman–Crippen MR) is 71.9 cm³/mol. The van der Waals surface area contributed by atoms with Crippen LogP contribution in [0.2, 0.25) is 0 Å². The molecule has 1 aromatic rings. The lowest BCUT2D eigenvalue weighted by atomic mass is 10.2. The Kier molecular flexibility index (Phi) is 4.75. The molecule has 0 aliphatic heterocycles. The molecule has 4 nitrogen and oxygen atoms in total. The number of hydrogen-bond acceptors (Lipinski definition) is 4. The fourth-order valence-corrected chi connectivity index (χ4v) is 1.46. The molecule has 0 spiro atoms. The Hall–Kier alpha value is -1.78. The number of carbonyl (C=O) groups excluding carboxylic acids is 1. The van der Waals surface area contributed by atoms with Gasteiger partial charge in [-0.15, -0.1) is 0 Å². The minimum Gasteiger partial charge on any atom is -0.494 e. The summed E-state index contributed by atoms with van der Waals surface area (Å²) in [6.07, 6.45) is 0. The summed E-state index contributed by atoms with van der Waals surface area (Å²) in [5.41, 5.74) is -0.0466. The SMILES string of the molecule is COc1ccc(NC(C)C(=O)OC(C)(C)C)cc1F. The summed E-state index contributed by atoms with van der Waals surface area (Å²) in [6, 6.07) is 3.86. The molecular weight excluding hydrogens is 249 g/mol. The van der Waals surface area contributed by atoms with Crippen LogP contribution in [-0.2, 0) is 9.53 Å². The van der Waals surface area contributed by atoms with Crippen molar-refractivity contribution in [1.82, 2.24) is 0 Å². The van der Waals surface area contributed by atoms with E-state index < -0.39 is 17.5 Å². The van der Waals surface area contributed by atoms with Crippen LogP contribution in [0.3, 0.4) is 0 Å². The van der Waals surface area contributed by atoms with E-state index in [1.807, 2.05) is 0 Å². The monoisotopic (exact) mass is 269 g/mol. The van der Waals surface area contributed by atoms with Gasteiger partial charge in [0.1, 0.15) is 11.6 Å². The van der Waals surface area contributed by atoms with Gasteiger partial charge in [0.05, 0.1) is 7.11 Å². The number of anilines is 1. The van der Waals surface area contributed by atoms with Crippen LogP contribution >= 0.6 is 0 Å². The molecule has 0 fully saturated rings. The standard InChI is InChI=1S/C14H20FNO3/c1-9(13(17)19-14(2,3)4)16-10-6-7-12(18-5)11(15)8-10/h6-9,16H,1-5H3. The van der Waals surface area contributed by atoms with Crippen LogP contribution in [0.5, 0.6) is 5.75 Å². The van der Waals surface area contributed by atoms with Crippen molar-refractivity contribution in [3.63, 3.8) is 0 Å². The molecule has 0 saturated heterocycles. The second-order valence-electron chi connectivity index (χ2n) is 5.25. The van der Waals surface area contributed by atoms with Gasteiger partial charge in [-0.3, -0.25) is 0 Å². The van der Waals surface area contributed by atoms with Crippen molar-refractivity contribution in [3.05, 3.63) is 24.0 Å². The molecule has 0 bridgehead atoms. The molecule has 0 aliphatic rings. The van der Waals surface area contributed by atoms with Crippen molar-refractivity contribution in [2.75, 3.05) is 12.4 Å². The number of nitrogens with one attached hydrogen (secondary N) is 1. The van der Waals surface area contributed by atoms with Crippen LogP contribution in [0, 0.1) is 5.82 Å². The number of rotatable bonds is 4. The fraction of sp³-hybridized carbons (Fsp3) is 0.500. The maximum absolute atomic E-state index is 13.5. The van der Waals surface area contributed by atoms with Gasteiger partial charge in [-0.2, -0.15) is 0 Å². The third kappa shape index (κ3) is 4.77. The van der Waals surface area contributed by atoms with Gasteiger partial charge in [0.2, 0.25) is 0 Å². The molecule has 0 heterocycles. The topological polar surface area (TPSA) is 47.6 Å². The molecule has 19 heavy (non-hydrogen) atoms. The number of ether oxygens (including phenoxy) is 2. The van der Waals surface area contributed by atoms with Crippen molar-refractivity contribution in [2.45, 2.75) is 39.3 Å². The smallest absolute Gasteiger partial charge is 0.328 e. The summed E-state index contributed by atoms with van der Waals surface area (Å²) >= 11 is 0. The molecule has 0 saturated carbocycles. The van der Waals surface area contributed by atoms with E-state index in [0.717, 1.165) is 0 Å². The van der Waals surface area contributed by atoms with Crippen molar-refractivity contribution in [2.24, 2.45) is 0 Å². The second kappa shape index (κ2) is 5.91. The zero-order valence-corrected chi connectivity index (χ0v) is 11.9. The number of carbonyl (C=O) groups is 1. The fourth-order valence-electron chi connectivity index (χ4n) is 1.46. The van der Waals surface area contributed by atoms with Crippen LogP contribution in [-0.4, -0.2) is 24.7 Å². The molecule has 1 rings (SSSR count). The third-order valence-corrected chi connectivity index (χ3v) is 2.30. The first-order chi connectivity index (χ1) is 8.73. The van der Waals surface area contributed by atoms with E-state index in [0.29, 0.717) is 5.69 Å². The molecule has 106 valence electrons. The Morgan fingerprint density at radius 1 is 1.37 bits per heavy atom. The highest BCUT2D eigenvalue weighted by Crippen LogP contribution is 2.21. The Morgan fingerprint density at radius 3 is 2.47 bits per heavy atom. The maximum atomic E-state index is 13.5. The number of methoxy groups -OCH3 is 1. The molecule has 1 aromatic carbocycles. The first-order valence-corrected chi connectivity index (χ1v) is 6.06. The lowest BCUT2D eigenvalue weighted by Crippen LogP contribution is -2.34. The lowest BCUT2D eigenvalue weighted by molar-refractivity contribution is -0.155. The molecular formula is C14H20FNO3. The van der Waals surface area contributed by atoms with Gasteiger partial charge in [0.25, 0.3) is 0 Å². The van der Waals surface area contributed by atoms with Crippen LogP contribution < -0.4 is 10.1 Å². The van der Waals surface area contributed by atoms with Gasteiger partial charge in [-0.05, 0) is 39.8 Å². The number of benzene rings is 1. The van der Waals surface area contributed by atoms with E-state index in [4.69, 9.17) is 9.47 Å². The summed E-state index contributed by atoms with van der Waals surface area (Å²) in [5, 5.41) is 2.89. The third-order valence-electron chi connectivity index (χ3n) is 2.30. The van der Waals surface area contributed by atoms with Gasteiger partial charge in [0, 0.05) is 11.8 Å². The zero-order valence-electron chi connectivity index (χ0n) is 11.9. The predicted octanol–water partition coefficient (Wildman–Crippen LogP) is 2.98. The Bertz CT molecular complexity index is 454. The molecule has 5 heteroatoms. The first-order valence-electron chi connectivity index (χ1n) is 6.06. The second-order valence-corrected chi connectivity index (χ2v) is 5.25. The highest BCUT2D eigenvalue weighted by Gasteiger charge is 2.21. The van der Waals surface area contributed by atoms with E-state index in [2.05, 4.69) is 5.32 Å². The lowest BCUT2D eigenvalue weighted by Gasteiger charge is -2.23. The van der Waals surface area contributed by atoms with Crippen LogP contribution in [0.4, 0.5) is 10.1 Å². The minimum atomic E-state index is -0.563. The summed E-state index contributed by atoms with van der Waals surface area (Å²) in [7, 11) is 1.40. The molecule has 0 aliphatic carbocycles. The van der Waals surface area contributed by atoms with Gasteiger partial charge in [-0.25, -0.2) is 9.18 Å². The van der Waals surface area contributed by atoms with Gasteiger partial charge in [0.15, 0.2) is 11.6 Å². The number of esters is 1. The zero-order chi connectivity index (χ0) is 14.6. The van der Waals surface area contributed by atoms with Crippen molar-refractivity contribution >= 4 is 11.7 Å². The van der Waals surface area contributed by atoms with Crippen molar-refractivity contribution in [1.29, 1.82) is 0 Å². The first kappa shape index (κ1) is 15.3. The quantitative estimate of drug-likeness (QED) is 0.854. The Labute approximate surface area is 112 Å². The molecule has 1 N–H and O–H groups in total. The normalized spacial score (nSPS) is 12.7. The highest BCUT2D eigenvalue weighted by atomic mass is 19.1. The van der Waals surface area contributed by atoms with E-state index in [9.17, 15) is 9.18 Å². The maximum Gasteiger partial charge on any atom is 0.328 e. The minimum absolute atomic E-state index is 0.162. The molecule has 1 atom stereocenters. The number of halogens is 1. The van der Waals surface area contributed by atoms with E-state index in [-0.39, 0.29) is 11.7 Å². The van der Waals surface area contributed by atoms with E-state index in [1.165, 1.54) is 19.2 Å². The molecule has 0 aromatic heterocycles. The van der Waals surface area contributed by atoms with Crippen LogP contribution in [0.15, 0.2) is 18.2 Å². The molecule has 0 amide bonds. The van der Waals surface area contributed by atoms with Crippen molar-refractivity contribution < 1.29 is 18.7 Å². The van der Waals surface area contributed by atoms with Crippen LogP contribution in [0.25, 0.3) is 0 Å². The van der Waals surface area contributed by atoms with Gasteiger partial charge in [-0.1, -0.05) is 0 Å². The van der Waals surface area contributed by atoms with Gasteiger partial charge < -0.3 is 14.8 Å². The molecule has 0 radical (unpaired) electrons. The van der Waals surface area contributed by atoms with E-state index in [1.54, 1.807) is 33.8 Å². The average molecular weight is 269 g/mol. The average Bonchev–Trinajstić information content (AvgIpc) is 2.27. The van der Waals surface area contributed by atoms with Crippen LogP contribution in [0.1, 0.15) is 27.7 Å². The summed E-state index contributed by atoms with van der Waals surface area (Å²) in [5.74, 6) is -0.705. The summed E-state index contributed by atoms with van der Waals surface area (Å²) < 4.78 is 23.5. The summed E-state index contributed by atoms with van der Waals surface area (Å²) in [4.78, 5) is 11.8. The van der Waals surface area contributed by atoms with Gasteiger partial charge >= 0.3 is 5.97 Å². The Balaban J connectivity index is 2.69. The molecule has 1 unspecified atom stereocenters. The van der Waals surface area contributed by atoms with Crippen molar-refractivity contribution in [3.8, 4) is 5.75 Å². The Morgan fingerprint density at radius 2 is 2.00 bits per heavy atom. The largest absolute Gasteiger partial charge is 0.494 e. The highest BCUT2D eigenvalue weighted by molar-refractivity contribution is 5.79. The summed E-state index contributed by atoms with van der Waals surface area (Å²) in [6.45, 7) is 7.05. The number of hydrogen-bond donors (Lipinski definition) is 1. The van der Waals surface area contributed by atoms with E-state index >= 15 is 0 Å².